The van der Waals surface area contributed by atoms with Crippen LogP contribution in [0.15, 0.2) is 36.4 Å². The lowest BCUT2D eigenvalue weighted by Gasteiger charge is -2.34. The van der Waals surface area contributed by atoms with Crippen molar-refractivity contribution in [2.24, 2.45) is 0 Å². The van der Waals surface area contributed by atoms with Crippen LogP contribution in [0.3, 0.4) is 0 Å². The van der Waals surface area contributed by atoms with Gasteiger partial charge in [-0.05, 0) is 18.6 Å². The smallest absolute Gasteiger partial charge is 0.305 e. The lowest BCUT2D eigenvalue weighted by atomic mass is 10.2. The van der Waals surface area contributed by atoms with Gasteiger partial charge in [-0.25, -0.2) is 4.68 Å². The maximum absolute atomic E-state index is 13.1. The third kappa shape index (κ3) is 6.30. The summed E-state index contributed by atoms with van der Waals surface area (Å²) in [6, 6.07) is 11.4. The molecule has 1 amide bonds. The van der Waals surface area contributed by atoms with Crippen LogP contribution < -0.4 is 4.74 Å². The third-order valence-corrected chi connectivity index (χ3v) is 5.26. The van der Waals surface area contributed by atoms with Crippen LogP contribution in [0.25, 0.3) is 5.69 Å². The summed E-state index contributed by atoms with van der Waals surface area (Å²) in [6.45, 7) is 8.28. The van der Waals surface area contributed by atoms with Crippen molar-refractivity contribution >= 4 is 11.9 Å². The van der Waals surface area contributed by atoms with E-state index < -0.39 is 0 Å². The van der Waals surface area contributed by atoms with Gasteiger partial charge in [0.1, 0.15) is 6.61 Å². The van der Waals surface area contributed by atoms with E-state index in [1.54, 1.807) is 17.7 Å². The molecule has 1 aliphatic heterocycles. The molecule has 0 bridgehead atoms. The van der Waals surface area contributed by atoms with E-state index in [0.717, 1.165) is 31.6 Å². The Balaban J connectivity index is 1.62. The van der Waals surface area contributed by atoms with E-state index in [1.165, 1.54) is 0 Å². The predicted octanol–water partition coefficient (Wildman–Crippen LogP) is 2.76. The van der Waals surface area contributed by atoms with Gasteiger partial charge in [-0.1, -0.05) is 38.5 Å². The molecule has 1 fully saturated rings. The monoisotopic (exact) mass is 428 g/mol. The lowest BCUT2D eigenvalue weighted by Crippen LogP contribution is -2.49. The van der Waals surface area contributed by atoms with Gasteiger partial charge in [0, 0.05) is 45.2 Å². The summed E-state index contributed by atoms with van der Waals surface area (Å²) in [5.41, 5.74) is 1.25. The minimum atomic E-state index is -0.181. The number of amides is 1. The van der Waals surface area contributed by atoms with Crippen molar-refractivity contribution in [3.05, 3.63) is 42.1 Å². The van der Waals surface area contributed by atoms with E-state index >= 15 is 0 Å². The quantitative estimate of drug-likeness (QED) is 0.428. The summed E-state index contributed by atoms with van der Waals surface area (Å²) < 4.78 is 12.8. The van der Waals surface area contributed by atoms with E-state index in [2.05, 4.69) is 16.9 Å². The molecule has 1 saturated heterocycles. The van der Waals surface area contributed by atoms with Gasteiger partial charge in [0.05, 0.1) is 12.3 Å². The molecule has 8 heteroatoms. The maximum atomic E-state index is 13.1. The normalized spacial score (nSPS) is 14.5. The molecule has 31 heavy (non-hydrogen) atoms. The highest BCUT2D eigenvalue weighted by Gasteiger charge is 2.25. The molecule has 0 spiro atoms. The summed E-state index contributed by atoms with van der Waals surface area (Å²) in [4.78, 5) is 28.4. The number of benzene rings is 1. The van der Waals surface area contributed by atoms with Crippen molar-refractivity contribution in [1.82, 2.24) is 19.6 Å². The van der Waals surface area contributed by atoms with E-state index in [0.29, 0.717) is 50.8 Å². The number of para-hydroxylation sites is 1. The molecule has 0 aliphatic carbocycles. The highest BCUT2D eigenvalue weighted by molar-refractivity contribution is 5.92. The van der Waals surface area contributed by atoms with Crippen molar-refractivity contribution < 1.29 is 19.1 Å². The van der Waals surface area contributed by atoms with Crippen molar-refractivity contribution in [2.45, 2.75) is 33.1 Å². The molecule has 0 N–H and O–H groups in total. The van der Waals surface area contributed by atoms with Crippen LogP contribution >= 0.6 is 0 Å². The molecule has 168 valence electrons. The van der Waals surface area contributed by atoms with Gasteiger partial charge in [0.25, 0.3) is 5.91 Å². The number of nitrogens with zero attached hydrogens (tertiary/aromatic N) is 4. The maximum Gasteiger partial charge on any atom is 0.305 e. The molecule has 1 aromatic carbocycles. The van der Waals surface area contributed by atoms with Crippen molar-refractivity contribution in [2.75, 3.05) is 45.9 Å². The number of aromatic nitrogens is 2. The summed E-state index contributed by atoms with van der Waals surface area (Å²) in [5, 5.41) is 4.56. The molecule has 0 radical (unpaired) electrons. The van der Waals surface area contributed by atoms with Crippen LogP contribution in [0.1, 0.15) is 43.6 Å². The third-order valence-electron chi connectivity index (χ3n) is 5.26. The highest BCUT2D eigenvalue weighted by atomic mass is 16.5. The number of carbonyl (C=O) groups is 2. The molecular weight excluding hydrogens is 396 g/mol. The molecule has 8 nitrogen and oxygen atoms in total. The molecule has 1 aromatic heterocycles. The molecule has 2 heterocycles. The van der Waals surface area contributed by atoms with E-state index in [4.69, 9.17) is 9.47 Å². The SMILES string of the molecule is CCCCOc1cc(C(=O)N2CCN(CCOC(=O)CC)CC2)nn1-c1ccccc1. The number of piperazine rings is 1. The van der Waals surface area contributed by atoms with Gasteiger partial charge in [-0.2, -0.15) is 5.10 Å². The van der Waals surface area contributed by atoms with E-state index in [9.17, 15) is 9.59 Å². The van der Waals surface area contributed by atoms with Crippen LogP contribution in [0.4, 0.5) is 0 Å². The van der Waals surface area contributed by atoms with Crippen molar-refractivity contribution in [1.29, 1.82) is 0 Å². The van der Waals surface area contributed by atoms with Gasteiger partial charge in [0.2, 0.25) is 5.88 Å². The van der Waals surface area contributed by atoms with Gasteiger partial charge in [-0.3, -0.25) is 14.5 Å². The molecule has 2 aromatic rings. The predicted molar refractivity (Wildman–Crippen MR) is 118 cm³/mol. The van der Waals surface area contributed by atoms with E-state index in [-0.39, 0.29) is 11.9 Å². The first-order chi connectivity index (χ1) is 15.1. The van der Waals surface area contributed by atoms with Gasteiger partial charge in [0.15, 0.2) is 5.69 Å². The van der Waals surface area contributed by atoms with Crippen LogP contribution in [-0.4, -0.2) is 77.4 Å². The molecular formula is C23H32N4O4. The van der Waals surface area contributed by atoms with Crippen LogP contribution in [0.2, 0.25) is 0 Å². The van der Waals surface area contributed by atoms with Crippen LogP contribution in [0, 0.1) is 0 Å². The number of carbonyl (C=O) groups excluding carboxylic acids is 2. The standard InChI is InChI=1S/C23H32N4O4/c1-3-5-16-30-21-18-20(24-27(21)19-9-7-6-8-10-19)23(29)26-13-11-25(12-14-26)15-17-31-22(28)4-2/h6-10,18H,3-5,11-17H2,1-2H3. The first-order valence-corrected chi connectivity index (χ1v) is 11.1. The Hall–Kier alpha value is -2.87. The Kier molecular flexibility index (Phi) is 8.46. The minimum absolute atomic E-state index is 0.0907. The largest absolute Gasteiger partial charge is 0.478 e. The molecule has 0 saturated carbocycles. The second-order valence-corrected chi connectivity index (χ2v) is 7.53. The lowest BCUT2D eigenvalue weighted by molar-refractivity contribution is -0.143. The number of hydrogen-bond acceptors (Lipinski definition) is 6. The summed E-state index contributed by atoms with van der Waals surface area (Å²) >= 11 is 0. The summed E-state index contributed by atoms with van der Waals surface area (Å²) in [7, 11) is 0. The average molecular weight is 429 g/mol. The first kappa shape index (κ1) is 22.8. The second kappa shape index (κ2) is 11.5. The first-order valence-electron chi connectivity index (χ1n) is 11.1. The molecule has 0 atom stereocenters. The zero-order valence-electron chi connectivity index (χ0n) is 18.5. The number of esters is 1. The van der Waals surface area contributed by atoms with Crippen LogP contribution in [-0.2, 0) is 9.53 Å². The fourth-order valence-electron chi connectivity index (χ4n) is 3.37. The Bertz CT molecular complexity index is 845. The van der Waals surface area contributed by atoms with Crippen molar-refractivity contribution in [3.8, 4) is 11.6 Å². The number of rotatable bonds is 10. The Morgan fingerprint density at radius 1 is 1.03 bits per heavy atom. The summed E-state index contributed by atoms with van der Waals surface area (Å²) in [6.07, 6.45) is 2.37. The zero-order chi connectivity index (χ0) is 22.1. The fraction of sp³-hybridized carbons (Fsp3) is 0.522. The number of ether oxygens (including phenoxy) is 2. The Morgan fingerprint density at radius 2 is 1.77 bits per heavy atom. The van der Waals surface area contributed by atoms with Crippen LogP contribution in [0.5, 0.6) is 5.88 Å². The zero-order valence-corrected chi connectivity index (χ0v) is 18.5. The number of unbranched alkanes of at least 4 members (excludes halogenated alkanes) is 1. The fourth-order valence-corrected chi connectivity index (χ4v) is 3.37. The topological polar surface area (TPSA) is 76.9 Å². The Morgan fingerprint density at radius 3 is 2.45 bits per heavy atom. The number of hydrogen-bond donors (Lipinski definition) is 0. The van der Waals surface area contributed by atoms with Crippen molar-refractivity contribution in [3.63, 3.8) is 0 Å². The molecule has 3 rings (SSSR count). The van der Waals surface area contributed by atoms with Gasteiger partial charge >= 0.3 is 5.97 Å². The minimum Gasteiger partial charge on any atom is -0.478 e. The van der Waals surface area contributed by atoms with E-state index in [1.807, 2.05) is 35.2 Å². The molecule has 1 aliphatic rings. The Labute approximate surface area is 183 Å². The van der Waals surface area contributed by atoms with Gasteiger partial charge in [-0.15, -0.1) is 0 Å². The molecule has 0 unspecified atom stereocenters. The second-order valence-electron chi connectivity index (χ2n) is 7.53. The highest BCUT2D eigenvalue weighted by Crippen LogP contribution is 2.21. The average Bonchev–Trinajstić information content (AvgIpc) is 3.24. The summed E-state index contributed by atoms with van der Waals surface area (Å²) in [5.74, 6) is 0.311. The van der Waals surface area contributed by atoms with Gasteiger partial charge < -0.3 is 14.4 Å².